The lowest BCUT2D eigenvalue weighted by Crippen LogP contribution is -2.07. The Labute approximate surface area is 246 Å². The van der Waals surface area contributed by atoms with Gasteiger partial charge in [-0.15, -0.1) is 0 Å². The summed E-state index contributed by atoms with van der Waals surface area (Å²) in [5.41, 5.74) is 11.0. The summed E-state index contributed by atoms with van der Waals surface area (Å²) in [6, 6.07) is 46.9. The maximum absolute atomic E-state index is 13.7. The molecule has 2 N–H and O–H groups in total. The highest BCUT2D eigenvalue weighted by atomic mass is 16.1. The van der Waals surface area contributed by atoms with Crippen LogP contribution in [0.25, 0.3) is 44.8 Å². The Morgan fingerprint density at radius 1 is 0.500 bits per heavy atom. The molecular weight excluding hydrogens is 514 g/mol. The zero-order chi connectivity index (χ0) is 28.9. The zero-order valence-electron chi connectivity index (χ0n) is 23.6. The Hall–Kier alpha value is -5.48. The number of nitrogens with one attached hydrogen (secondary N) is 2. The molecule has 0 radical (unpaired) electrons. The summed E-state index contributed by atoms with van der Waals surface area (Å²) in [5, 5.41) is 6.28. The van der Waals surface area contributed by atoms with Crippen LogP contribution in [0.4, 0.5) is 11.4 Å². The van der Waals surface area contributed by atoms with E-state index < -0.39 is 0 Å². The Morgan fingerprint density at radius 2 is 1.07 bits per heavy atom. The molecule has 6 aromatic rings. The molecule has 204 valence electrons. The number of hydrogen-bond acceptors (Lipinski definition) is 4. The number of benzene rings is 5. The molecule has 1 aromatic heterocycles. The lowest BCUT2D eigenvalue weighted by Gasteiger charge is -2.13. The summed E-state index contributed by atoms with van der Waals surface area (Å²) >= 11 is 0. The first-order valence-electron chi connectivity index (χ1n) is 14.0. The molecule has 0 unspecified atom stereocenters. The van der Waals surface area contributed by atoms with Gasteiger partial charge >= 0.3 is 0 Å². The number of rotatable bonds is 8. The van der Waals surface area contributed by atoms with E-state index in [0.29, 0.717) is 11.1 Å². The highest BCUT2D eigenvalue weighted by Crippen LogP contribution is 2.32. The SMILES string of the molecule is CNc1ccc(NC)c(C(=O)c2cccc(-c3cc(-c4ccc(-c5ccccc5)cc4)cc(-c4ccccc4)n3)c2)c1. The van der Waals surface area contributed by atoms with Gasteiger partial charge < -0.3 is 10.6 Å². The van der Waals surface area contributed by atoms with Crippen LogP contribution in [0, 0.1) is 0 Å². The fourth-order valence-corrected chi connectivity index (χ4v) is 5.17. The van der Waals surface area contributed by atoms with Gasteiger partial charge in [-0.25, -0.2) is 4.98 Å². The third kappa shape index (κ3) is 5.56. The monoisotopic (exact) mass is 545 g/mol. The second-order valence-electron chi connectivity index (χ2n) is 10.1. The van der Waals surface area contributed by atoms with Crippen molar-refractivity contribution in [1.29, 1.82) is 0 Å². The summed E-state index contributed by atoms with van der Waals surface area (Å²) < 4.78 is 0. The Balaban J connectivity index is 1.42. The highest BCUT2D eigenvalue weighted by Gasteiger charge is 2.16. The van der Waals surface area contributed by atoms with E-state index in [0.717, 1.165) is 45.0 Å². The van der Waals surface area contributed by atoms with Crippen molar-refractivity contribution in [2.75, 3.05) is 24.7 Å². The fraction of sp³-hybridized carbons (Fsp3) is 0.0526. The first kappa shape index (κ1) is 26.7. The third-order valence-electron chi connectivity index (χ3n) is 7.46. The standard InChI is InChI=1S/C38H31N3O/c1-39-33-20-21-35(40-2)34(25-33)38(42)31-15-9-14-30(22-31)37-24-32(23-36(41-37)29-12-7-4-8-13-29)28-18-16-27(17-19-28)26-10-5-3-6-11-26/h3-25,39-40H,1-2H3. The summed E-state index contributed by atoms with van der Waals surface area (Å²) in [6.45, 7) is 0. The molecule has 0 bridgehead atoms. The number of pyridine rings is 1. The van der Waals surface area contributed by atoms with Gasteiger partial charge in [-0.05, 0) is 58.7 Å². The topological polar surface area (TPSA) is 54.0 Å². The first-order valence-corrected chi connectivity index (χ1v) is 14.0. The molecular formula is C38H31N3O. The number of nitrogens with zero attached hydrogens (tertiary/aromatic N) is 1. The van der Waals surface area contributed by atoms with Crippen LogP contribution in [0.1, 0.15) is 15.9 Å². The van der Waals surface area contributed by atoms with Crippen LogP contribution < -0.4 is 10.6 Å². The van der Waals surface area contributed by atoms with E-state index in [4.69, 9.17) is 4.98 Å². The maximum atomic E-state index is 13.7. The van der Waals surface area contributed by atoms with E-state index in [1.54, 1.807) is 0 Å². The van der Waals surface area contributed by atoms with Gasteiger partial charge in [0.25, 0.3) is 0 Å². The zero-order valence-corrected chi connectivity index (χ0v) is 23.6. The predicted molar refractivity (Wildman–Crippen MR) is 175 cm³/mol. The van der Waals surface area contributed by atoms with Crippen molar-refractivity contribution in [3.05, 3.63) is 151 Å². The van der Waals surface area contributed by atoms with E-state index in [-0.39, 0.29) is 5.78 Å². The summed E-state index contributed by atoms with van der Waals surface area (Å²) in [7, 11) is 3.68. The van der Waals surface area contributed by atoms with Crippen LogP contribution in [0.5, 0.6) is 0 Å². The minimum absolute atomic E-state index is 0.0470. The number of aromatic nitrogens is 1. The van der Waals surface area contributed by atoms with Crippen LogP contribution in [0.3, 0.4) is 0 Å². The third-order valence-corrected chi connectivity index (χ3v) is 7.46. The molecule has 1 heterocycles. The number of carbonyl (C=O) groups is 1. The van der Waals surface area contributed by atoms with E-state index >= 15 is 0 Å². The van der Waals surface area contributed by atoms with Gasteiger partial charge in [0.1, 0.15) is 0 Å². The fourth-order valence-electron chi connectivity index (χ4n) is 5.17. The van der Waals surface area contributed by atoms with Crippen molar-refractivity contribution in [2.24, 2.45) is 0 Å². The molecule has 0 aliphatic carbocycles. The molecule has 0 aliphatic rings. The van der Waals surface area contributed by atoms with Gasteiger partial charge in [-0.3, -0.25) is 4.79 Å². The van der Waals surface area contributed by atoms with Crippen LogP contribution >= 0.6 is 0 Å². The van der Waals surface area contributed by atoms with Gasteiger partial charge in [-0.2, -0.15) is 0 Å². The average Bonchev–Trinajstić information content (AvgIpc) is 3.08. The van der Waals surface area contributed by atoms with Crippen molar-refractivity contribution in [3.63, 3.8) is 0 Å². The Bertz CT molecular complexity index is 1850. The van der Waals surface area contributed by atoms with E-state index in [2.05, 4.69) is 83.4 Å². The quantitative estimate of drug-likeness (QED) is 0.187. The Morgan fingerprint density at radius 3 is 1.71 bits per heavy atom. The molecule has 0 aliphatic heterocycles. The summed E-state index contributed by atoms with van der Waals surface area (Å²) in [5.74, 6) is -0.0470. The highest BCUT2D eigenvalue weighted by molar-refractivity contribution is 6.13. The van der Waals surface area contributed by atoms with E-state index in [9.17, 15) is 4.79 Å². The number of ketones is 1. The maximum Gasteiger partial charge on any atom is 0.195 e. The number of hydrogen-bond donors (Lipinski definition) is 2. The summed E-state index contributed by atoms with van der Waals surface area (Å²) in [6.07, 6.45) is 0. The smallest absolute Gasteiger partial charge is 0.195 e. The lowest BCUT2D eigenvalue weighted by atomic mass is 9.96. The van der Waals surface area contributed by atoms with Crippen molar-refractivity contribution in [3.8, 4) is 44.8 Å². The minimum Gasteiger partial charge on any atom is -0.388 e. The molecule has 0 saturated carbocycles. The van der Waals surface area contributed by atoms with Crippen molar-refractivity contribution in [1.82, 2.24) is 4.98 Å². The molecule has 0 spiro atoms. The largest absolute Gasteiger partial charge is 0.388 e. The van der Waals surface area contributed by atoms with Crippen molar-refractivity contribution < 1.29 is 4.79 Å². The average molecular weight is 546 g/mol. The molecule has 0 amide bonds. The molecule has 5 aromatic carbocycles. The minimum atomic E-state index is -0.0470. The van der Waals surface area contributed by atoms with Gasteiger partial charge in [0.05, 0.1) is 11.4 Å². The molecule has 0 saturated heterocycles. The number of carbonyl (C=O) groups excluding carboxylic acids is 1. The van der Waals surface area contributed by atoms with E-state index in [1.807, 2.05) is 80.8 Å². The molecule has 0 atom stereocenters. The second-order valence-corrected chi connectivity index (χ2v) is 10.1. The molecule has 42 heavy (non-hydrogen) atoms. The van der Waals surface area contributed by atoms with Crippen molar-refractivity contribution in [2.45, 2.75) is 0 Å². The van der Waals surface area contributed by atoms with Crippen LogP contribution in [-0.4, -0.2) is 24.9 Å². The summed E-state index contributed by atoms with van der Waals surface area (Å²) in [4.78, 5) is 18.8. The lowest BCUT2D eigenvalue weighted by molar-refractivity contribution is 0.103. The number of anilines is 2. The van der Waals surface area contributed by atoms with Gasteiger partial charge in [0.2, 0.25) is 0 Å². The molecule has 6 rings (SSSR count). The van der Waals surface area contributed by atoms with E-state index in [1.165, 1.54) is 11.1 Å². The Kier molecular flexibility index (Phi) is 7.60. The normalized spacial score (nSPS) is 10.7. The van der Waals surface area contributed by atoms with Crippen LogP contribution in [0.15, 0.2) is 140 Å². The molecule has 4 heteroatoms. The molecule has 0 fully saturated rings. The van der Waals surface area contributed by atoms with Crippen LogP contribution in [0.2, 0.25) is 0 Å². The molecule has 4 nitrogen and oxygen atoms in total. The second kappa shape index (κ2) is 11.9. The van der Waals surface area contributed by atoms with Crippen molar-refractivity contribution >= 4 is 17.2 Å². The van der Waals surface area contributed by atoms with Gasteiger partial charge in [0.15, 0.2) is 5.78 Å². The van der Waals surface area contributed by atoms with Gasteiger partial charge in [-0.1, -0.05) is 103 Å². The first-order chi connectivity index (χ1) is 20.6. The van der Waals surface area contributed by atoms with Crippen LogP contribution in [-0.2, 0) is 0 Å². The predicted octanol–water partition coefficient (Wildman–Crippen LogP) is 9.06. The van der Waals surface area contributed by atoms with Gasteiger partial charge in [0, 0.05) is 47.7 Å².